The first kappa shape index (κ1) is 12.0. The summed E-state index contributed by atoms with van der Waals surface area (Å²) in [5.41, 5.74) is 1.53. The predicted molar refractivity (Wildman–Crippen MR) is 73.7 cm³/mol. The van der Waals surface area contributed by atoms with Crippen LogP contribution in [0.5, 0.6) is 0 Å². The monoisotopic (exact) mass is 262 g/mol. The van der Waals surface area contributed by atoms with Crippen molar-refractivity contribution in [3.8, 4) is 0 Å². The van der Waals surface area contributed by atoms with Crippen molar-refractivity contribution in [1.82, 2.24) is 10.2 Å². The molecule has 4 heteroatoms. The maximum Gasteiger partial charge on any atom is 0.117 e. The summed E-state index contributed by atoms with van der Waals surface area (Å²) in [6.45, 7) is 5.25. The van der Waals surface area contributed by atoms with Gasteiger partial charge in [0.2, 0.25) is 0 Å². The van der Waals surface area contributed by atoms with Crippen LogP contribution in [0.25, 0.3) is 0 Å². The second-order valence-electron chi connectivity index (χ2n) is 4.65. The summed E-state index contributed by atoms with van der Waals surface area (Å²) in [5, 5.41) is 5.63. The Hall–Kier alpha value is -1.10. The second-order valence-corrected chi connectivity index (χ2v) is 5.65. The molecular formula is C14H18N2OS. The van der Waals surface area contributed by atoms with Gasteiger partial charge in [-0.3, -0.25) is 4.90 Å². The molecule has 0 aliphatic carbocycles. The van der Waals surface area contributed by atoms with Gasteiger partial charge in [-0.25, -0.2) is 0 Å². The molecule has 0 radical (unpaired) electrons. The summed E-state index contributed by atoms with van der Waals surface area (Å²) in [6, 6.07) is 6.20. The average molecular weight is 262 g/mol. The van der Waals surface area contributed by atoms with Crippen molar-refractivity contribution in [2.24, 2.45) is 0 Å². The zero-order chi connectivity index (χ0) is 12.2. The van der Waals surface area contributed by atoms with Crippen molar-refractivity contribution in [3.05, 3.63) is 46.0 Å². The highest BCUT2D eigenvalue weighted by Crippen LogP contribution is 2.23. The maximum atomic E-state index is 5.29. The third-order valence-electron chi connectivity index (χ3n) is 3.37. The van der Waals surface area contributed by atoms with Crippen LogP contribution in [-0.2, 0) is 19.5 Å². The first-order valence-corrected chi connectivity index (χ1v) is 7.30. The molecule has 3 heterocycles. The average Bonchev–Trinajstić information content (AvgIpc) is 3.05. The van der Waals surface area contributed by atoms with E-state index in [4.69, 9.17) is 4.42 Å². The third kappa shape index (κ3) is 2.83. The van der Waals surface area contributed by atoms with Crippen LogP contribution in [0.15, 0.2) is 34.3 Å². The molecule has 3 nitrogen and oxygen atoms in total. The topological polar surface area (TPSA) is 28.4 Å². The molecule has 0 fully saturated rings. The van der Waals surface area contributed by atoms with Crippen molar-refractivity contribution >= 4 is 11.3 Å². The number of nitrogens with zero attached hydrogens (tertiary/aromatic N) is 1. The number of rotatable bonds is 5. The standard InChI is InChI=1S/C14H18N2OS/c1-2-13(17-8-1)10-15-5-7-16-6-3-14-12(11-16)4-9-18-14/h1-2,4,8-9,15H,3,5-7,10-11H2. The number of hydrogen-bond donors (Lipinski definition) is 1. The molecule has 2 aromatic rings. The highest BCUT2D eigenvalue weighted by molar-refractivity contribution is 7.10. The quantitative estimate of drug-likeness (QED) is 0.839. The molecule has 0 bridgehead atoms. The van der Waals surface area contributed by atoms with Gasteiger partial charge in [0.1, 0.15) is 5.76 Å². The Morgan fingerprint density at radius 3 is 3.28 bits per heavy atom. The molecule has 0 amide bonds. The molecule has 0 spiro atoms. The minimum absolute atomic E-state index is 0.824. The lowest BCUT2D eigenvalue weighted by molar-refractivity contribution is 0.254. The van der Waals surface area contributed by atoms with Crippen molar-refractivity contribution < 1.29 is 4.42 Å². The van der Waals surface area contributed by atoms with Crippen LogP contribution in [0.1, 0.15) is 16.2 Å². The maximum absolute atomic E-state index is 5.29. The van der Waals surface area contributed by atoms with Crippen LogP contribution in [-0.4, -0.2) is 24.5 Å². The van der Waals surface area contributed by atoms with E-state index in [0.717, 1.165) is 31.9 Å². The lowest BCUT2D eigenvalue weighted by Gasteiger charge is -2.26. The summed E-state index contributed by atoms with van der Waals surface area (Å²) in [4.78, 5) is 4.10. The molecular weight excluding hydrogens is 244 g/mol. The Morgan fingerprint density at radius 2 is 2.39 bits per heavy atom. The van der Waals surface area contributed by atoms with Gasteiger partial charge < -0.3 is 9.73 Å². The van der Waals surface area contributed by atoms with Gasteiger partial charge >= 0.3 is 0 Å². The number of nitrogens with one attached hydrogen (secondary N) is 1. The fourth-order valence-electron chi connectivity index (χ4n) is 2.36. The Balaban J connectivity index is 1.40. The van der Waals surface area contributed by atoms with E-state index >= 15 is 0 Å². The van der Waals surface area contributed by atoms with Gasteiger partial charge in [-0.05, 0) is 35.6 Å². The summed E-state index contributed by atoms with van der Waals surface area (Å²) < 4.78 is 5.29. The number of fused-ring (bicyclic) bond motifs is 1. The largest absolute Gasteiger partial charge is 0.468 e. The smallest absolute Gasteiger partial charge is 0.117 e. The molecule has 0 saturated carbocycles. The van der Waals surface area contributed by atoms with E-state index in [1.165, 1.54) is 18.5 Å². The molecule has 0 unspecified atom stereocenters. The van der Waals surface area contributed by atoms with E-state index < -0.39 is 0 Å². The van der Waals surface area contributed by atoms with Crippen LogP contribution < -0.4 is 5.32 Å². The molecule has 2 aromatic heterocycles. The van der Waals surface area contributed by atoms with Gasteiger partial charge in [0, 0.05) is 31.1 Å². The second kappa shape index (κ2) is 5.69. The minimum atomic E-state index is 0.824. The summed E-state index contributed by atoms with van der Waals surface area (Å²) in [5.74, 6) is 1.01. The van der Waals surface area contributed by atoms with Crippen LogP contribution in [0.3, 0.4) is 0 Å². The Bertz CT molecular complexity index is 478. The van der Waals surface area contributed by atoms with E-state index in [1.807, 2.05) is 23.5 Å². The number of furan rings is 1. The van der Waals surface area contributed by atoms with Crippen LogP contribution >= 0.6 is 11.3 Å². The van der Waals surface area contributed by atoms with Crippen molar-refractivity contribution in [3.63, 3.8) is 0 Å². The zero-order valence-electron chi connectivity index (χ0n) is 10.4. The number of thiophene rings is 1. The zero-order valence-corrected chi connectivity index (χ0v) is 11.2. The minimum Gasteiger partial charge on any atom is -0.468 e. The molecule has 18 heavy (non-hydrogen) atoms. The first-order valence-electron chi connectivity index (χ1n) is 6.42. The normalized spacial score (nSPS) is 15.8. The molecule has 1 aliphatic rings. The van der Waals surface area contributed by atoms with E-state index in [2.05, 4.69) is 21.7 Å². The molecule has 1 aliphatic heterocycles. The molecule has 3 rings (SSSR count). The molecule has 1 N–H and O–H groups in total. The number of hydrogen-bond acceptors (Lipinski definition) is 4. The van der Waals surface area contributed by atoms with Gasteiger partial charge in [0.25, 0.3) is 0 Å². The van der Waals surface area contributed by atoms with Crippen molar-refractivity contribution in [1.29, 1.82) is 0 Å². The predicted octanol–water partition coefficient (Wildman–Crippen LogP) is 2.49. The highest BCUT2D eigenvalue weighted by Gasteiger charge is 2.16. The fraction of sp³-hybridized carbons (Fsp3) is 0.429. The van der Waals surface area contributed by atoms with Crippen LogP contribution in [0.4, 0.5) is 0 Å². The summed E-state index contributed by atoms with van der Waals surface area (Å²) in [7, 11) is 0. The van der Waals surface area contributed by atoms with E-state index in [1.54, 1.807) is 11.1 Å². The summed E-state index contributed by atoms with van der Waals surface area (Å²) in [6.07, 6.45) is 2.94. The van der Waals surface area contributed by atoms with Gasteiger partial charge in [-0.15, -0.1) is 11.3 Å². The fourth-order valence-corrected chi connectivity index (χ4v) is 3.25. The van der Waals surface area contributed by atoms with Gasteiger partial charge in [0.15, 0.2) is 0 Å². The van der Waals surface area contributed by atoms with Gasteiger partial charge in [0.05, 0.1) is 12.8 Å². The van der Waals surface area contributed by atoms with E-state index in [9.17, 15) is 0 Å². The Labute approximate surface area is 111 Å². The van der Waals surface area contributed by atoms with Gasteiger partial charge in [-0.1, -0.05) is 0 Å². The first-order chi connectivity index (χ1) is 8.92. The van der Waals surface area contributed by atoms with Crippen molar-refractivity contribution in [2.75, 3.05) is 19.6 Å². The Kier molecular flexibility index (Phi) is 3.78. The molecule has 96 valence electrons. The lowest BCUT2D eigenvalue weighted by Crippen LogP contribution is -2.35. The highest BCUT2D eigenvalue weighted by atomic mass is 32.1. The van der Waals surface area contributed by atoms with Gasteiger partial charge in [-0.2, -0.15) is 0 Å². The third-order valence-corrected chi connectivity index (χ3v) is 4.39. The van der Waals surface area contributed by atoms with E-state index in [-0.39, 0.29) is 0 Å². The van der Waals surface area contributed by atoms with Crippen LogP contribution in [0.2, 0.25) is 0 Å². The SMILES string of the molecule is c1coc(CNCCN2CCc3sccc3C2)c1. The Morgan fingerprint density at radius 1 is 1.39 bits per heavy atom. The summed E-state index contributed by atoms with van der Waals surface area (Å²) >= 11 is 1.90. The molecule has 0 atom stereocenters. The lowest BCUT2D eigenvalue weighted by atomic mass is 10.1. The molecule has 0 aromatic carbocycles. The van der Waals surface area contributed by atoms with Crippen LogP contribution in [0, 0.1) is 0 Å². The van der Waals surface area contributed by atoms with Crippen molar-refractivity contribution in [2.45, 2.75) is 19.5 Å². The van der Waals surface area contributed by atoms with E-state index in [0.29, 0.717) is 0 Å². The molecule has 0 saturated heterocycles.